The minimum Gasteiger partial charge on any atom is -0.478 e. The van der Waals surface area contributed by atoms with Crippen molar-refractivity contribution in [1.29, 1.82) is 0 Å². The molecule has 2 aliphatic heterocycles. The van der Waals surface area contributed by atoms with Crippen molar-refractivity contribution < 1.29 is 24.5 Å². The molecule has 0 aromatic heterocycles. The molecule has 0 amide bonds. The number of rotatable bonds is 8. The van der Waals surface area contributed by atoms with Crippen LogP contribution in [0.25, 0.3) is 0 Å². The summed E-state index contributed by atoms with van der Waals surface area (Å²) >= 11 is 1.87. The quantitative estimate of drug-likeness (QED) is 0.401. The lowest BCUT2D eigenvalue weighted by atomic mass is 10.0. The molecule has 192 valence electrons. The maximum absolute atomic E-state index is 9.55. The minimum atomic E-state index is -1.26. The van der Waals surface area contributed by atoms with Gasteiger partial charge in [0, 0.05) is 50.6 Å². The van der Waals surface area contributed by atoms with Gasteiger partial charge in [0.1, 0.15) is 0 Å². The third-order valence-electron chi connectivity index (χ3n) is 6.00. The molecule has 0 radical (unpaired) electrons. The zero-order valence-corrected chi connectivity index (χ0v) is 21.3. The van der Waals surface area contributed by atoms with E-state index in [0.717, 1.165) is 37.7 Å². The Bertz CT molecular complexity index is 1040. The van der Waals surface area contributed by atoms with E-state index in [0.29, 0.717) is 24.8 Å². The van der Waals surface area contributed by atoms with Crippen LogP contribution in [0.1, 0.15) is 24.0 Å². The highest BCUT2D eigenvalue weighted by Crippen LogP contribution is 2.32. The molecule has 0 unspecified atom stereocenters. The van der Waals surface area contributed by atoms with Crippen LogP contribution in [0.5, 0.6) is 0 Å². The van der Waals surface area contributed by atoms with Gasteiger partial charge in [-0.25, -0.2) is 14.6 Å². The Labute approximate surface area is 216 Å². The summed E-state index contributed by atoms with van der Waals surface area (Å²) in [6.45, 7) is 4.80. The van der Waals surface area contributed by atoms with Gasteiger partial charge >= 0.3 is 11.9 Å². The van der Waals surface area contributed by atoms with Crippen LogP contribution in [0, 0.1) is 0 Å². The Hall–Kier alpha value is -3.14. The molecule has 2 aromatic rings. The fourth-order valence-electron chi connectivity index (χ4n) is 3.99. The van der Waals surface area contributed by atoms with Crippen molar-refractivity contribution >= 4 is 34.6 Å². The second-order valence-electron chi connectivity index (χ2n) is 8.54. The maximum Gasteiger partial charge on any atom is 0.328 e. The van der Waals surface area contributed by atoms with Crippen molar-refractivity contribution in [2.75, 3.05) is 33.3 Å². The highest BCUT2D eigenvalue weighted by atomic mass is 32.2. The Morgan fingerprint density at radius 1 is 1.06 bits per heavy atom. The van der Waals surface area contributed by atoms with Gasteiger partial charge in [-0.15, -0.1) is 0 Å². The van der Waals surface area contributed by atoms with Crippen molar-refractivity contribution in [2.45, 2.75) is 31.2 Å². The van der Waals surface area contributed by atoms with E-state index >= 15 is 0 Å². The van der Waals surface area contributed by atoms with Crippen molar-refractivity contribution in [3.05, 3.63) is 77.9 Å². The average Bonchev–Trinajstić information content (AvgIpc) is 2.90. The molecule has 4 rings (SSSR count). The predicted molar refractivity (Wildman–Crippen MR) is 143 cm³/mol. The van der Waals surface area contributed by atoms with E-state index in [1.807, 2.05) is 17.8 Å². The average molecular weight is 512 g/mol. The first-order chi connectivity index (χ1) is 17.4. The molecule has 8 nitrogen and oxygen atoms in total. The second kappa shape index (κ2) is 14.4. The number of hydrogen-bond donors (Lipinski definition) is 2. The van der Waals surface area contributed by atoms with Crippen LogP contribution in [0.3, 0.4) is 0 Å². The van der Waals surface area contributed by atoms with Crippen LogP contribution in [0.2, 0.25) is 0 Å². The molecular weight excluding hydrogens is 478 g/mol. The second-order valence-corrected chi connectivity index (χ2v) is 9.49. The van der Waals surface area contributed by atoms with E-state index in [-0.39, 0.29) is 0 Å². The third-order valence-corrected chi connectivity index (χ3v) is 7.10. The molecule has 2 heterocycles. The topological polar surface area (TPSA) is 103 Å². The summed E-state index contributed by atoms with van der Waals surface area (Å²) in [6, 6.07) is 19.5. The zero-order chi connectivity index (χ0) is 25.8. The van der Waals surface area contributed by atoms with E-state index in [1.54, 1.807) is 0 Å². The van der Waals surface area contributed by atoms with Gasteiger partial charge in [0.05, 0.1) is 18.9 Å². The molecule has 0 atom stereocenters. The third kappa shape index (κ3) is 9.14. The number of fused-ring (bicyclic) bond motifs is 1. The van der Waals surface area contributed by atoms with Crippen molar-refractivity contribution in [3.63, 3.8) is 0 Å². The number of likely N-dealkylation sites (tertiary alicyclic amines) is 1. The monoisotopic (exact) mass is 511 g/mol. The first-order valence-electron chi connectivity index (χ1n) is 11.9. The van der Waals surface area contributed by atoms with Crippen LogP contribution in [-0.2, 0) is 26.7 Å². The van der Waals surface area contributed by atoms with Crippen molar-refractivity contribution in [2.24, 2.45) is 4.99 Å². The SMILES string of the molecule is CN(C1=Nc2ccccc2CS1)C1CCN(CCOCc2ccccc2)CC1.O=C(O)/C=C/C(=O)O. The van der Waals surface area contributed by atoms with Gasteiger partial charge < -0.3 is 24.7 Å². The number of hydrogen-bond acceptors (Lipinski definition) is 7. The first-order valence-corrected chi connectivity index (χ1v) is 12.9. The van der Waals surface area contributed by atoms with Gasteiger partial charge in [-0.3, -0.25) is 0 Å². The molecule has 9 heteroatoms. The number of carbonyl (C=O) groups is 2. The number of thioether (sulfide) groups is 1. The summed E-state index contributed by atoms with van der Waals surface area (Å²) < 4.78 is 5.85. The highest BCUT2D eigenvalue weighted by molar-refractivity contribution is 8.13. The van der Waals surface area contributed by atoms with Crippen LogP contribution in [-0.4, -0.2) is 76.4 Å². The molecule has 1 saturated heterocycles. The van der Waals surface area contributed by atoms with E-state index in [2.05, 4.69) is 65.4 Å². The summed E-state index contributed by atoms with van der Waals surface area (Å²) in [5, 5.41) is 16.8. The summed E-state index contributed by atoms with van der Waals surface area (Å²) in [5.41, 5.74) is 3.72. The van der Waals surface area contributed by atoms with Gasteiger partial charge in [-0.05, 0) is 30.0 Å². The number of piperidine rings is 1. The molecule has 1 fully saturated rings. The first kappa shape index (κ1) is 27.4. The fraction of sp³-hybridized carbons (Fsp3) is 0.370. The molecule has 2 aromatic carbocycles. The fourth-order valence-corrected chi connectivity index (χ4v) is 5.03. The lowest BCUT2D eigenvalue weighted by Gasteiger charge is -2.38. The lowest BCUT2D eigenvalue weighted by Crippen LogP contribution is -2.45. The summed E-state index contributed by atoms with van der Waals surface area (Å²) in [7, 11) is 2.21. The van der Waals surface area contributed by atoms with Crippen molar-refractivity contribution in [1.82, 2.24) is 9.80 Å². The van der Waals surface area contributed by atoms with Crippen LogP contribution >= 0.6 is 11.8 Å². The number of aliphatic imine (C=N–C) groups is 1. The van der Waals surface area contributed by atoms with E-state index in [4.69, 9.17) is 19.9 Å². The molecule has 0 spiro atoms. The lowest BCUT2D eigenvalue weighted by molar-refractivity contribution is -0.134. The molecule has 0 aliphatic carbocycles. The van der Waals surface area contributed by atoms with Gasteiger partial charge in [0.2, 0.25) is 0 Å². The number of carboxylic acid groups (broad SMARTS) is 2. The van der Waals surface area contributed by atoms with Gasteiger partial charge in [-0.1, -0.05) is 60.3 Å². The number of nitrogens with zero attached hydrogens (tertiary/aromatic N) is 3. The number of ether oxygens (including phenoxy) is 1. The number of carboxylic acids is 2. The standard InChI is InChI=1S/C23H29N3OS.C4H4O4/c1-25(23-24-22-10-6-5-9-20(22)18-28-23)21-11-13-26(14-12-21)15-16-27-17-19-7-3-2-4-8-19;5-3(6)1-2-4(7)8/h2-10,21H,11-18H2,1H3;1-2H,(H,5,6)(H,7,8)/b;2-1+. The van der Waals surface area contributed by atoms with Crippen LogP contribution in [0.4, 0.5) is 5.69 Å². The van der Waals surface area contributed by atoms with E-state index < -0.39 is 11.9 Å². The molecule has 2 N–H and O–H groups in total. The Morgan fingerprint density at radius 2 is 1.69 bits per heavy atom. The van der Waals surface area contributed by atoms with E-state index in [1.165, 1.54) is 29.1 Å². The van der Waals surface area contributed by atoms with Crippen molar-refractivity contribution in [3.8, 4) is 0 Å². The Balaban J connectivity index is 0.000000392. The predicted octanol–water partition coefficient (Wildman–Crippen LogP) is 4.25. The molecule has 0 bridgehead atoms. The zero-order valence-electron chi connectivity index (χ0n) is 20.5. The van der Waals surface area contributed by atoms with Crippen LogP contribution in [0.15, 0.2) is 71.7 Å². The molecular formula is C27H33N3O5S. The van der Waals surface area contributed by atoms with Gasteiger partial charge in [-0.2, -0.15) is 0 Å². The largest absolute Gasteiger partial charge is 0.478 e. The summed E-state index contributed by atoms with van der Waals surface area (Å²) in [5.74, 6) is -1.49. The van der Waals surface area contributed by atoms with E-state index in [9.17, 15) is 9.59 Å². The summed E-state index contributed by atoms with van der Waals surface area (Å²) in [4.78, 5) is 28.9. The normalized spacial score (nSPS) is 16.0. The number of aliphatic carboxylic acids is 2. The smallest absolute Gasteiger partial charge is 0.328 e. The maximum atomic E-state index is 9.55. The highest BCUT2D eigenvalue weighted by Gasteiger charge is 2.26. The molecule has 2 aliphatic rings. The van der Waals surface area contributed by atoms with Crippen LogP contribution < -0.4 is 0 Å². The number of benzene rings is 2. The number of amidine groups is 1. The number of para-hydroxylation sites is 1. The van der Waals surface area contributed by atoms with Gasteiger partial charge in [0.25, 0.3) is 0 Å². The van der Waals surface area contributed by atoms with Gasteiger partial charge in [0.15, 0.2) is 5.17 Å². The molecule has 36 heavy (non-hydrogen) atoms. The Morgan fingerprint density at radius 3 is 2.36 bits per heavy atom. The Kier molecular flexibility index (Phi) is 11.0. The molecule has 0 saturated carbocycles. The minimum absolute atomic E-state index is 0.558. The summed E-state index contributed by atoms with van der Waals surface area (Å²) in [6.07, 6.45) is 3.50.